The molecule has 146 valence electrons. The van der Waals surface area contributed by atoms with Crippen molar-refractivity contribution in [2.45, 2.75) is 20.3 Å². The highest BCUT2D eigenvalue weighted by Crippen LogP contribution is 2.28. The lowest BCUT2D eigenvalue weighted by Crippen LogP contribution is -2.25. The molecule has 6 nitrogen and oxygen atoms in total. The van der Waals surface area contributed by atoms with Gasteiger partial charge in [0, 0.05) is 17.9 Å². The molecule has 0 fully saturated rings. The average molecular weight is 397 g/mol. The van der Waals surface area contributed by atoms with Crippen LogP contribution in [0.15, 0.2) is 58.6 Å². The third-order valence-corrected chi connectivity index (χ3v) is 4.91. The lowest BCUT2D eigenvalue weighted by Gasteiger charge is -2.15. The number of hydrogen-bond acceptors (Lipinski definition) is 5. The van der Waals surface area contributed by atoms with Crippen molar-refractivity contribution in [1.82, 2.24) is 5.43 Å². The number of benzene rings is 2. The van der Waals surface area contributed by atoms with Crippen LogP contribution in [0.3, 0.4) is 0 Å². The van der Waals surface area contributed by atoms with Crippen molar-refractivity contribution in [3.05, 3.63) is 54.1 Å². The lowest BCUT2D eigenvalue weighted by molar-refractivity contribution is -0.116. The van der Waals surface area contributed by atoms with Crippen LogP contribution in [-0.2, 0) is 4.79 Å². The summed E-state index contributed by atoms with van der Waals surface area (Å²) >= 11 is 1.58. The molecule has 1 amide bonds. The van der Waals surface area contributed by atoms with Gasteiger partial charge in [-0.2, -0.15) is 5.10 Å². The number of amidine groups is 1. The SMILES string of the molecule is COc1ccccc1N=C1NN=C(c2ccc(NC(=O)CC(C)C)cc2)CS1. The largest absolute Gasteiger partial charge is 0.494 e. The number of thioether (sulfide) groups is 1. The highest BCUT2D eigenvalue weighted by Gasteiger charge is 2.14. The first-order valence-electron chi connectivity index (χ1n) is 9.12. The van der Waals surface area contributed by atoms with Gasteiger partial charge in [0.2, 0.25) is 5.91 Å². The zero-order chi connectivity index (χ0) is 19.9. The van der Waals surface area contributed by atoms with Crippen LogP contribution in [0.1, 0.15) is 25.8 Å². The van der Waals surface area contributed by atoms with Gasteiger partial charge in [-0.3, -0.25) is 10.2 Å². The fourth-order valence-corrected chi connectivity index (χ4v) is 3.46. The van der Waals surface area contributed by atoms with Crippen molar-refractivity contribution in [3.63, 3.8) is 0 Å². The number of carbonyl (C=O) groups excluding carboxylic acids is 1. The Kier molecular flexibility index (Phi) is 6.71. The molecule has 0 radical (unpaired) electrons. The zero-order valence-electron chi connectivity index (χ0n) is 16.2. The number of anilines is 1. The molecule has 7 heteroatoms. The normalized spacial score (nSPS) is 15.1. The van der Waals surface area contributed by atoms with Crippen LogP contribution in [0, 0.1) is 5.92 Å². The summed E-state index contributed by atoms with van der Waals surface area (Å²) in [6.45, 7) is 4.06. The summed E-state index contributed by atoms with van der Waals surface area (Å²) in [6, 6.07) is 15.4. The molecule has 2 aromatic rings. The van der Waals surface area contributed by atoms with E-state index in [1.54, 1.807) is 18.9 Å². The van der Waals surface area contributed by atoms with Gasteiger partial charge in [0.25, 0.3) is 0 Å². The molecule has 0 aromatic heterocycles. The summed E-state index contributed by atoms with van der Waals surface area (Å²) < 4.78 is 5.33. The van der Waals surface area contributed by atoms with Crippen molar-refractivity contribution in [3.8, 4) is 5.75 Å². The van der Waals surface area contributed by atoms with Gasteiger partial charge in [0.15, 0.2) is 5.17 Å². The molecule has 2 N–H and O–H groups in total. The van der Waals surface area contributed by atoms with Crippen LogP contribution < -0.4 is 15.5 Å². The molecule has 0 unspecified atom stereocenters. The lowest BCUT2D eigenvalue weighted by atomic mass is 10.1. The van der Waals surface area contributed by atoms with Crippen LogP contribution in [-0.4, -0.2) is 29.6 Å². The molecule has 0 spiro atoms. The molecule has 2 aromatic carbocycles. The Bertz CT molecular complexity index is 892. The van der Waals surface area contributed by atoms with E-state index >= 15 is 0 Å². The van der Waals surface area contributed by atoms with Crippen LogP contribution in [0.5, 0.6) is 5.75 Å². The molecule has 3 rings (SSSR count). The number of nitrogens with one attached hydrogen (secondary N) is 2. The van der Waals surface area contributed by atoms with E-state index in [1.807, 2.05) is 62.4 Å². The van der Waals surface area contributed by atoms with Gasteiger partial charge in [0.05, 0.1) is 12.8 Å². The van der Waals surface area contributed by atoms with E-state index < -0.39 is 0 Å². The maximum Gasteiger partial charge on any atom is 0.224 e. The maximum absolute atomic E-state index is 11.9. The van der Waals surface area contributed by atoms with Crippen molar-refractivity contribution in [2.24, 2.45) is 16.0 Å². The molecule has 1 aliphatic heterocycles. The standard InChI is InChI=1S/C21H24N4O2S/c1-14(2)12-20(26)22-16-10-8-15(9-11-16)18-13-28-21(25-24-18)23-17-6-4-5-7-19(17)27-3/h4-11,14H,12-13H2,1-3H3,(H,22,26)(H,23,25). The van der Waals surface area contributed by atoms with Crippen LogP contribution >= 0.6 is 11.8 Å². The molecule has 0 saturated heterocycles. The predicted molar refractivity (Wildman–Crippen MR) is 117 cm³/mol. The summed E-state index contributed by atoms with van der Waals surface area (Å²) in [4.78, 5) is 16.4. The van der Waals surface area contributed by atoms with Gasteiger partial charge in [-0.05, 0) is 35.7 Å². The molecule has 28 heavy (non-hydrogen) atoms. The molecule has 0 aliphatic carbocycles. The third-order valence-electron chi connectivity index (χ3n) is 4.03. The number of carbonyl (C=O) groups is 1. The monoisotopic (exact) mass is 396 g/mol. The number of amides is 1. The maximum atomic E-state index is 11.9. The first kappa shape index (κ1) is 19.9. The minimum atomic E-state index is 0.0344. The van der Waals surface area contributed by atoms with E-state index in [0.29, 0.717) is 18.1 Å². The molecule has 0 atom stereocenters. The Morgan fingerprint density at radius 3 is 2.64 bits per heavy atom. The van der Waals surface area contributed by atoms with Crippen molar-refractivity contribution >= 4 is 39.9 Å². The number of hydrogen-bond donors (Lipinski definition) is 2. The van der Waals surface area contributed by atoms with E-state index in [-0.39, 0.29) is 5.91 Å². The minimum absolute atomic E-state index is 0.0344. The molecule has 0 bridgehead atoms. The zero-order valence-corrected chi connectivity index (χ0v) is 17.0. The first-order chi connectivity index (χ1) is 13.5. The second kappa shape index (κ2) is 9.41. The summed E-state index contributed by atoms with van der Waals surface area (Å²) in [7, 11) is 1.63. The van der Waals surface area contributed by atoms with Crippen LogP contribution in [0.2, 0.25) is 0 Å². The number of para-hydroxylation sites is 2. The van der Waals surface area contributed by atoms with E-state index in [2.05, 4.69) is 20.8 Å². The number of methoxy groups -OCH3 is 1. The van der Waals surface area contributed by atoms with Crippen molar-refractivity contribution in [2.75, 3.05) is 18.2 Å². The Morgan fingerprint density at radius 2 is 2.00 bits per heavy atom. The minimum Gasteiger partial charge on any atom is -0.494 e. The number of rotatable bonds is 6. The fourth-order valence-electron chi connectivity index (χ4n) is 2.68. The number of ether oxygens (including phenoxy) is 1. The average Bonchev–Trinajstić information content (AvgIpc) is 2.69. The Morgan fingerprint density at radius 1 is 1.25 bits per heavy atom. The fraction of sp³-hybridized carbons (Fsp3) is 0.286. The third kappa shape index (κ3) is 5.36. The summed E-state index contributed by atoms with van der Waals surface area (Å²) in [5.41, 5.74) is 6.52. The topological polar surface area (TPSA) is 75.1 Å². The van der Waals surface area contributed by atoms with Gasteiger partial charge in [-0.1, -0.05) is 49.9 Å². The highest BCUT2D eigenvalue weighted by molar-refractivity contribution is 8.14. The van der Waals surface area contributed by atoms with Crippen molar-refractivity contribution in [1.29, 1.82) is 0 Å². The van der Waals surface area contributed by atoms with Gasteiger partial charge in [-0.25, -0.2) is 4.99 Å². The molecule has 1 aliphatic rings. The molecule has 1 heterocycles. The second-order valence-corrected chi connectivity index (χ2v) is 7.74. The highest BCUT2D eigenvalue weighted by atomic mass is 32.2. The summed E-state index contributed by atoms with van der Waals surface area (Å²) in [6.07, 6.45) is 0.517. The van der Waals surface area contributed by atoms with E-state index in [9.17, 15) is 4.79 Å². The summed E-state index contributed by atoms with van der Waals surface area (Å²) in [5, 5.41) is 8.10. The Hall–Kier alpha value is -2.80. The number of hydrazone groups is 1. The quantitative estimate of drug-likeness (QED) is 0.758. The van der Waals surface area contributed by atoms with Gasteiger partial charge in [-0.15, -0.1) is 0 Å². The Labute approximate surface area is 169 Å². The van der Waals surface area contributed by atoms with E-state index in [1.165, 1.54) is 0 Å². The van der Waals surface area contributed by atoms with E-state index in [4.69, 9.17) is 4.74 Å². The predicted octanol–water partition coefficient (Wildman–Crippen LogP) is 4.41. The van der Waals surface area contributed by atoms with Crippen LogP contribution in [0.4, 0.5) is 11.4 Å². The number of nitrogens with zero attached hydrogens (tertiary/aromatic N) is 2. The Balaban J connectivity index is 1.64. The molecular weight excluding hydrogens is 372 g/mol. The smallest absolute Gasteiger partial charge is 0.224 e. The van der Waals surface area contributed by atoms with Crippen molar-refractivity contribution < 1.29 is 9.53 Å². The summed E-state index contributed by atoms with van der Waals surface area (Å²) in [5.74, 6) is 1.81. The number of aliphatic imine (C=N–C) groups is 1. The first-order valence-corrected chi connectivity index (χ1v) is 10.1. The van der Waals surface area contributed by atoms with E-state index in [0.717, 1.165) is 33.6 Å². The van der Waals surface area contributed by atoms with Crippen LogP contribution in [0.25, 0.3) is 0 Å². The second-order valence-electron chi connectivity index (χ2n) is 6.77. The van der Waals surface area contributed by atoms with Gasteiger partial charge in [0.1, 0.15) is 11.4 Å². The molecule has 0 saturated carbocycles. The van der Waals surface area contributed by atoms with Gasteiger partial charge < -0.3 is 10.1 Å². The van der Waals surface area contributed by atoms with Gasteiger partial charge >= 0.3 is 0 Å². The molecular formula is C21H24N4O2S.